The molecule has 5 heavy (non-hydrogen) atoms. The van der Waals surface area contributed by atoms with Crippen molar-refractivity contribution in [1.29, 1.82) is 0 Å². The quantitative estimate of drug-likeness (QED) is 0.442. The predicted molar refractivity (Wildman–Crippen MR) is 24.6 cm³/mol. The smallest absolute Gasteiger partial charge is 0.0874 e. The van der Waals surface area contributed by atoms with E-state index in [1.165, 1.54) is 0 Å². The molecule has 0 fully saturated rings. The first-order valence-electron chi connectivity index (χ1n) is 0.655. The summed E-state index contributed by atoms with van der Waals surface area (Å²) in [6.07, 6.45) is 0. The molecule has 0 heterocycles. The molecule has 0 saturated carbocycles. The highest BCUT2D eigenvalue weighted by Crippen LogP contribution is 2.03. The Labute approximate surface area is 47.0 Å². The molecule has 0 N–H and O–H groups in total. The zero-order chi connectivity index (χ0) is 3.58. The lowest BCUT2D eigenvalue weighted by Gasteiger charge is -1.69. The number of halogens is 3. The van der Waals surface area contributed by atoms with Crippen LogP contribution in [0.15, 0.2) is 0 Å². The van der Waals surface area contributed by atoms with Crippen LogP contribution in [0.2, 0.25) is 0 Å². The maximum absolute atomic E-state index is 4.81. The average Bonchev–Trinajstić information content (AvgIpc) is 0.811. The fourth-order valence-electron chi connectivity index (χ4n) is 0. The highest BCUT2D eigenvalue weighted by molar-refractivity contribution is 6.63. The van der Waals surface area contributed by atoms with E-state index in [-0.39, 0.29) is 7.43 Å². The van der Waals surface area contributed by atoms with Crippen molar-refractivity contribution in [2.24, 2.45) is 0 Å². The molecule has 30 valence electrons. The van der Waals surface area contributed by atoms with Crippen molar-refractivity contribution in [3.8, 4) is 0 Å². The van der Waals surface area contributed by atoms with E-state index < -0.39 is 4.30 Å². The molecule has 0 saturated heterocycles. The first-order chi connectivity index (χ1) is 1.73. The van der Waals surface area contributed by atoms with E-state index in [9.17, 15) is 0 Å². The first-order valence-corrected chi connectivity index (χ1v) is 1.96. The molecule has 0 atom stereocenters. The van der Waals surface area contributed by atoms with Gasteiger partial charge in [-0.15, -0.1) is 0 Å². The van der Waals surface area contributed by atoms with E-state index in [1.54, 1.807) is 0 Å². The Morgan fingerprint density at radius 1 is 1.00 bits per heavy atom. The molecule has 0 bridgehead atoms. The van der Waals surface area contributed by atoms with Gasteiger partial charge in [0, 0.05) is 7.43 Å². The Bertz CT molecular complexity index is 9.61. The molecule has 0 rings (SSSR count). The van der Waals surface area contributed by atoms with Gasteiger partial charge in [0.1, 0.15) is 0 Å². The van der Waals surface area contributed by atoms with Crippen molar-refractivity contribution >= 4 is 34.8 Å². The highest BCUT2D eigenvalue weighted by atomic mass is 35.6. The summed E-state index contributed by atoms with van der Waals surface area (Å²) in [6.45, 7) is 0. The minimum Gasteiger partial charge on any atom is -0.0874 e. The molecule has 0 aliphatic rings. The Morgan fingerprint density at radius 2 is 1.00 bits per heavy atom. The predicted octanol–water partition coefficient (Wildman–Crippen LogP) is 2.07. The lowest BCUT2D eigenvalue weighted by atomic mass is 11.9. The molecule has 0 unspecified atom stereocenters. The molecular formula is C2HCl3. The van der Waals surface area contributed by atoms with Crippen molar-refractivity contribution in [3.05, 3.63) is 7.43 Å². The van der Waals surface area contributed by atoms with Crippen LogP contribution in [0, 0.1) is 7.43 Å². The van der Waals surface area contributed by atoms with E-state index >= 15 is 0 Å². The summed E-state index contributed by atoms with van der Waals surface area (Å²) in [4.78, 5) is 0. The molecule has 0 nitrogen and oxygen atoms in total. The summed E-state index contributed by atoms with van der Waals surface area (Å²) in [7, 11) is 0. The van der Waals surface area contributed by atoms with Crippen molar-refractivity contribution in [1.82, 2.24) is 0 Å². The van der Waals surface area contributed by atoms with Crippen molar-refractivity contribution < 1.29 is 0 Å². The van der Waals surface area contributed by atoms with Crippen molar-refractivity contribution in [2.45, 2.75) is 4.30 Å². The van der Waals surface area contributed by atoms with Crippen LogP contribution in [0.25, 0.3) is 0 Å². The van der Waals surface area contributed by atoms with E-state index in [2.05, 4.69) is 0 Å². The van der Waals surface area contributed by atoms with Gasteiger partial charge in [-0.25, -0.2) is 0 Å². The van der Waals surface area contributed by atoms with Gasteiger partial charge in [-0.05, 0) is 0 Å². The second kappa shape index (κ2) is 4.87. The van der Waals surface area contributed by atoms with Crippen LogP contribution in [-0.4, -0.2) is 4.30 Å². The fourth-order valence-corrected chi connectivity index (χ4v) is 0. The SMILES string of the molecule is ClC(Cl)Cl.[C]. The largest absolute Gasteiger partial charge is 0.180 e. The third kappa shape index (κ3) is 53.0. The Hall–Kier alpha value is 0.870. The third-order valence-corrected chi connectivity index (χ3v) is 0. The monoisotopic (exact) mass is 130 g/mol. The van der Waals surface area contributed by atoms with Gasteiger partial charge in [-0.2, -0.15) is 0 Å². The second-order valence-corrected chi connectivity index (χ2v) is 2.23. The minimum absolute atomic E-state index is 0. The van der Waals surface area contributed by atoms with Crippen LogP contribution >= 0.6 is 34.8 Å². The molecule has 0 spiro atoms. The van der Waals surface area contributed by atoms with E-state index in [0.29, 0.717) is 0 Å². The van der Waals surface area contributed by atoms with Crippen molar-refractivity contribution in [3.63, 3.8) is 0 Å². The van der Waals surface area contributed by atoms with E-state index in [0.717, 1.165) is 0 Å². The van der Waals surface area contributed by atoms with E-state index in [1.807, 2.05) is 0 Å². The summed E-state index contributed by atoms with van der Waals surface area (Å²) >= 11 is 14.4. The first kappa shape index (κ1) is 9.30. The van der Waals surface area contributed by atoms with Crippen LogP contribution in [0.4, 0.5) is 0 Å². The minimum atomic E-state index is -0.750. The summed E-state index contributed by atoms with van der Waals surface area (Å²) in [6, 6.07) is 0. The Balaban J connectivity index is 0. The van der Waals surface area contributed by atoms with Gasteiger partial charge < -0.3 is 0 Å². The molecule has 4 radical (unpaired) electrons. The number of alkyl halides is 3. The molecule has 0 aromatic carbocycles. The standard InChI is InChI=1S/CHCl3.C/c2-1(3)4;/h1H;. The van der Waals surface area contributed by atoms with Gasteiger partial charge in [-0.3, -0.25) is 0 Å². The summed E-state index contributed by atoms with van der Waals surface area (Å²) in [5.41, 5.74) is 0. The lowest BCUT2D eigenvalue weighted by molar-refractivity contribution is 1.96. The van der Waals surface area contributed by atoms with Gasteiger partial charge in [0.2, 0.25) is 0 Å². The average molecular weight is 131 g/mol. The van der Waals surface area contributed by atoms with Crippen LogP contribution in [-0.2, 0) is 0 Å². The van der Waals surface area contributed by atoms with Crippen molar-refractivity contribution in [2.75, 3.05) is 0 Å². The van der Waals surface area contributed by atoms with Gasteiger partial charge in [0.05, 0.1) is 0 Å². The van der Waals surface area contributed by atoms with E-state index in [4.69, 9.17) is 34.8 Å². The maximum Gasteiger partial charge on any atom is 0.180 e. The highest BCUT2D eigenvalue weighted by Gasteiger charge is 1.78. The molecule has 0 amide bonds. The fraction of sp³-hybridized carbons (Fsp3) is 0.500. The van der Waals surface area contributed by atoms with Gasteiger partial charge >= 0.3 is 0 Å². The van der Waals surface area contributed by atoms with Crippen LogP contribution in [0.3, 0.4) is 0 Å². The van der Waals surface area contributed by atoms with Gasteiger partial charge in [-0.1, -0.05) is 34.8 Å². The zero-order valence-electron chi connectivity index (χ0n) is 2.21. The van der Waals surface area contributed by atoms with Gasteiger partial charge in [0.15, 0.2) is 4.30 Å². The number of hydrogen-bond donors (Lipinski definition) is 0. The Kier molecular flexibility index (Phi) is 9.05. The number of hydrogen-bond acceptors (Lipinski definition) is 0. The third-order valence-electron chi connectivity index (χ3n) is 0. The van der Waals surface area contributed by atoms with Gasteiger partial charge in [0.25, 0.3) is 0 Å². The lowest BCUT2D eigenvalue weighted by Crippen LogP contribution is -1.55. The number of rotatable bonds is 0. The summed E-state index contributed by atoms with van der Waals surface area (Å²) in [5, 5.41) is 0. The second-order valence-electron chi connectivity index (χ2n) is 0.247. The normalized spacial score (nSPS) is 7.20. The van der Waals surface area contributed by atoms with Crippen LogP contribution in [0.5, 0.6) is 0 Å². The molecule has 0 aromatic heterocycles. The van der Waals surface area contributed by atoms with Crippen LogP contribution in [0.1, 0.15) is 0 Å². The summed E-state index contributed by atoms with van der Waals surface area (Å²) < 4.78 is -0.750. The molecule has 3 heteroatoms. The zero-order valence-corrected chi connectivity index (χ0v) is 4.48. The van der Waals surface area contributed by atoms with Crippen LogP contribution < -0.4 is 0 Å². The summed E-state index contributed by atoms with van der Waals surface area (Å²) in [5.74, 6) is 0. The maximum atomic E-state index is 4.81. The molecule has 0 aromatic rings. The Morgan fingerprint density at radius 3 is 1.00 bits per heavy atom. The molecule has 0 aliphatic carbocycles. The molecule has 0 aliphatic heterocycles. The topological polar surface area (TPSA) is 0 Å². The molecular weight excluding hydrogens is 130 g/mol.